The van der Waals surface area contributed by atoms with Gasteiger partial charge in [-0.15, -0.1) is 0 Å². The van der Waals surface area contributed by atoms with E-state index in [9.17, 15) is 13.2 Å². The van der Waals surface area contributed by atoms with E-state index in [1.165, 1.54) is 12.1 Å². The molecule has 29 heavy (non-hydrogen) atoms. The van der Waals surface area contributed by atoms with Gasteiger partial charge in [-0.25, -0.2) is 0 Å². The van der Waals surface area contributed by atoms with Crippen LogP contribution >= 0.6 is 35.4 Å². The van der Waals surface area contributed by atoms with E-state index >= 15 is 0 Å². The van der Waals surface area contributed by atoms with Crippen LogP contribution in [0.3, 0.4) is 0 Å². The fourth-order valence-electron chi connectivity index (χ4n) is 3.14. The molecular weight excluding hydrogens is 444 g/mol. The predicted molar refractivity (Wildman–Crippen MR) is 114 cm³/mol. The van der Waals surface area contributed by atoms with Crippen molar-refractivity contribution in [2.24, 2.45) is 0 Å². The molecule has 0 saturated carbocycles. The summed E-state index contributed by atoms with van der Waals surface area (Å²) in [5.41, 5.74) is -0.200. The zero-order chi connectivity index (χ0) is 21.0. The second-order valence-corrected chi connectivity index (χ2v) is 7.96. The molecule has 0 aliphatic carbocycles. The third-order valence-corrected chi connectivity index (χ3v) is 5.55. The van der Waals surface area contributed by atoms with Crippen LogP contribution < -0.4 is 5.32 Å². The summed E-state index contributed by atoms with van der Waals surface area (Å²) in [6, 6.07) is 10.8. The molecule has 1 heterocycles. The number of halogens is 5. The predicted octanol–water partition coefficient (Wildman–Crippen LogP) is 6.39. The average Bonchev–Trinajstić information content (AvgIpc) is 3.16. The van der Waals surface area contributed by atoms with Gasteiger partial charge in [0.2, 0.25) is 0 Å². The van der Waals surface area contributed by atoms with Gasteiger partial charge in [-0.2, -0.15) is 13.2 Å². The number of nitrogens with zero attached hydrogens (tertiary/aromatic N) is 1. The van der Waals surface area contributed by atoms with Crippen molar-refractivity contribution in [2.75, 3.05) is 18.5 Å². The highest BCUT2D eigenvalue weighted by Gasteiger charge is 2.34. The Morgan fingerprint density at radius 3 is 2.62 bits per heavy atom. The van der Waals surface area contributed by atoms with Crippen LogP contribution in [0.4, 0.5) is 18.9 Å². The van der Waals surface area contributed by atoms with E-state index in [0.717, 1.165) is 24.5 Å². The lowest BCUT2D eigenvalue weighted by atomic mass is 10.1. The highest BCUT2D eigenvalue weighted by atomic mass is 35.5. The number of alkyl halides is 3. The Morgan fingerprint density at radius 2 is 1.97 bits per heavy atom. The maximum atomic E-state index is 13.4. The van der Waals surface area contributed by atoms with Gasteiger partial charge in [0.05, 0.1) is 17.4 Å². The molecule has 1 atom stereocenters. The molecule has 0 amide bonds. The minimum absolute atomic E-state index is 0.000993. The van der Waals surface area contributed by atoms with Crippen LogP contribution in [0, 0.1) is 0 Å². The summed E-state index contributed by atoms with van der Waals surface area (Å²) < 4.78 is 45.9. The van der Waals surface area contributed by atoms with Crippen LogP contribution in [0.2, 0.25) is 10.0 Å². The number of nitrogens with one attached hydrogen (secondary N) is 1. The van der Waals surface area contributed by atoms with Crippen molar-refractivity contribution < 1.29 is 17.9 Å². The highest BCUT2D eigenvalue weighted by Crippen LogP contribution is 2.36. The van der Waals surface area contributed by atoms with Gasteiger partial charge in [-0.1, -0.05) is 41.4 Å². The lowest BCUT2D eigenvalue weighted by molar-refractivity contribution is -0.136. The van der Waals surface area contributed by atoms with Gasteiger partial charge in [0.1, 0.15) is 0 Å². The molecule has 1 unspecified atom stereocenters. The summed E-state index contributed by atoms with van der Waals surface area (Å²) in [6.07, 6.45) is -2.79. The van der Waals surface area contributed by atoms with E-state index in [1.54, 1.807) is 11.0 Å². The molecule has 2 aromatic carbocycles. The van der Waals surface area contributed by atoms with Crippen LogP contribution in [0.15, 0.2) is 42.5 Å². The number of ether oxygens (including phenoxy) is 1. The zero-order valence-corrected chi connectivity index (χ0v) is 17.6. The van der Waals surface area contributed by atoms with Gasteiger partial charge in [0, 0.05) is 29.7 Å². The molecule has 1 aliphatic heterocycles. The number of thiocarbonyl (C=S) groups is 1. The molecule has 0 spiro atoms. The van der Waals surface area contributed by atoms with Gasteiger partial charge in [0.15, 0.2) is 5.11 Å². The Balaban J connectivity index is 1.84. The monoisotopic (exact) mass is 462 g/mol. The van der Waals surface area contributed by atoms with Crippen molar-refractivity contribution in [3.05, 3.63) is 63.6 Å². The molecule has 3 nitrogen and oxygen atoms in total. The molecule has 0 aromatic heterocycles. The molecule has 156 valence electrons. The van der Waals surface area contributed by atoms with Crippen molar-refractivity contribution >= 4 is 46.2 Å². The Morgan fingerprint density at radius 1 is 1.21 bits per heavy atom. The van der Waals surface area contributed by atoms with Crippen LogP contribution in [-0.2, 0) is 17.5 Å². The third kappa shape index (κ3) is 5.98. The van der Waals surface area contributed by atoms with E-state index in [4.69, 9.17) is 40.2 Å². The van der Waals surface area contributed by atoms with Crippen LogP contribution in [0.25, 0.3) is 0 Å². The lowest BCUT2D eigenvalue weighted by Gasteiger charge is -2.29. The van der Waals surface area contributed by atoms with E-state index in [1.807, 2.05) is 18.2 Å². The van der Waals surface area contributed by atoms with Crippen LogP contribution in [0.5, 0.6) is 0 Å². The van der Waals surface area contributed by atoms with E-state index in [0.29, 0.717) is 24.7 Å². The number of anilines is 1. The quantitative estimate of drug-likeness (QED) is 0.520. The first-order valence-electron chi connectivity index (χ1n) is 9.01. The van der Waals surface area contributed by atoms with E-state index < -0.39 is 11.7 Å². The van der Waals surface area contributed by atoms with Crippen molar-refractivity contribution in [1.82, 2.24) is 4.90 Å². The third-order valence-electron chi connectivity index (χ3n) is 4.58. The first-order chi connectivity index (χ1) is 13.7. The van der Waals surface area contributed by atoms with Crippen molar-refractivity contribution in [2.45, 2.75) is 31.7 Å². The van der Waals surface area contributed by atoms with Gasteiger partial charge in [-0.05, 0) is 54.9 Å². The molecule has 1 N–H and O–H groups in total. The lowest BCUT2D eigenvalue weighted by Crippen LogP contribution is -2.39. The van der Waals surface area contributed by atoms with Crippen molar-refractivity contribution in [3.63, 3.8) is 0 Å². The number of hydrogen-bond donors (Lipinski definition) is 1. The molecule has 2 aromatic rings. The minimum atomic E-state index is -4.56. The zero-order valence-electron chi connectivity index (χ0n) is 15.3. The summed E-state index contributed by atoms with van der Waals surface area (Å²) in [5.74, 6) is 0. The second-order valence-electron chi connectivity index (χ2n) is 6.72. The van der Waals surface area contributed by atoms with Gasteiger partial charge < -0.3 is 15.0 Å². The maximum absolute atomic E-state index is 13.4. The summed E-state index contributed by atoms with van der Waals surface area (Å²) in [4.78, 5) is 1.78. The standard InChI is InChI=1S/C20H19Cl2F3N2OS/c21-14-7-8-18(16(10-14)20(23,24)25)26-19(29)27(12-15-5-3-9-28-15)11-13-4-1-2-6-17(13)22/h1-2,4,6-8,10,15H,3,5,9,11-12H2,(H,26,29). The SMILES string of the molecule is FC(F)(F)c1cc(Cl)ccc1NC(=S)N(Cc1ccccc1Cl)CC1CCCO1. The molecule has 9 heteroatoms. The second kappa shape index (κ2) is 9.51. The van der Waals surface area contributed by atoms with E-state index in [2.05, 4.69) is 5.32 Å². The molecular formula is C20H19Cl2F3N2OS. The maximum Gasteiger partial charge on any atom is 0.418 e. The number of hydrogen-bond acceptors (Lipinski definition) is 2. The first-order valence-corrected chi connectivity index (χ1v) is 10.2. The fourth-order valence-corrected chi connectivity index (χ4v) is 3.76. The van der Waals surface area contributed by atoms with Gasteiger partial charge in [0.25, 0.3) is 0 Å². The molecule has 0 radical (unpaired) electrons. The largest absolute Gasteiger partial charge is 0.418 e. The Bertz CT molecular complexity index is 873. The van der Waals surface area contributed by atoms with Crippen molar-refractivity contribution in [1.29, 1.82) is 0 Å². The van der Waals surface area contributed by atoms with Gasteiger partial charge in [-0.3, -0.25) is 0 Å². The molecule has 0 bridgehead atoms. The Hall–Kier alpha value is -1.54. The molecule has 1 saturated heterocycles. The summed E-state index contributed by atoms with van der Waals surface area (Å²) in [5, 5.41) is 3.46. The molecule has 1 fully saturated rings. The first kappa shape index (κ1) is 22.2. The molecule has 3 rings (SSSR count). The summed E-state index contributed by atoms with van der Waals surface area (Å²) in [6.45, 7) is 1.46. The fraction of sp³-hybridized carbons (Fsp3) is 0.350. The minimum Gasteiger partial charge on any atom is -0.376 e. The van der Waals surface area contributed by atoms with E-state index in [-0.39, 0.29) is 21.9 Å². The smallest absolute Gasteiger partial charge is 0.376 e. The van der Waals surface area contributed by atoms with Crippen LogP contribution in [0.1, 0.15) is 24.0 Å². The average molecular weight is 463 g/mol. The Kier molecular flexibility index (Phi) is 7.27. The summed E-state index contributed by atoms with van der Waals surface area (Å²) in [7, 11) is 0. The van der Waals surface area contributed by atoms with Crippen LogP contribution in [-0.4, -0.2) is 29.3 Å². The van der Waals surface area contributed by atoms with Gasteiger partial charge >= 0.3 is 6.18 Å². The van der Waals surface area contributed by atoms with Crippen molar-refractivity contribution in [3.8, 4) is 0 Å². The number of benzene rings is 2. The molecule has 1 aliphatic rings. The Labute approximate surface area is 182 Å². The highest BCUT2D eigenvalue weighted by molar-refractivity contribution is 7.80. The normalized spacial score (nSPS) is 16.7. The number of rotatable bonds is 5. The summed E-state index contributed by atoms with van der Waals surface area (Å²) >= 11 is 17.5. The topological polar surface area (TPSA) is 24.5 Å².